The molecule has 1 N–H and O–H groups in total. The monoisotopic (exact) mass is 292 g/mol. The lowest BCUT2D eigenvalue weighted by atomic mass is 9.86. The van der Waals surface area contributed by atoms with E-state index in [1.807, 2.05) is 13.8 Å². The van der Waals surface area contributed by atoms with Crippen LogP contribution in [-0.4, -0.2) is 21.2 Å². The van der Waals surface area contributed by atoms with Gasteiger partial charge in [-0.1, -0.05) is 19.0 Å². The Morgan fingerprint density at radius 1 is 1.43 bits per heavy atom. The molecule has 0 aliphatic rings. The maximum absolute atomic E-state index is 13.1. The van der Waals surface area contributed by atoms with Gasteiger partial charge in [0.15, 0.2) is 0 Å². The van der Waals surface area contributed by atoms with Crippen molar-refractivity contribution in [2.45, 2.75) is 33.6 Å². The largest absolute Gasteiger partial charge is 0.481 e. The van der Waals surface area contributed by atoms with Crippen LogP contribution in [0.25, 0.3) is 11.4 Å². The van der Waals surface area contributed by atoms with Crippen LogP contribution in [-0.2, 0) is 11.2 Å². The number of carboxylic acids is 1. The summed E-state index contributed by atoms with van der Waals surface area (Å²) >= 11 is 0. The molecule has 112 valence electrons. The summed E-state index contributed by atoms with van der Waals surface area (Å²) in [4.78, 5) is 15.1. The second-order valence-corrected chi connectivity index (χ2v) is 5.88. The van der Waals surface area contributed by atoms with Gasteiger partial charge in [-0.25, -0.2) is 4.39 Å². The highest BCUT2D eigenvalue weighted by Crippen LogP contribution is 2.27. The van der Waals surface area contributed by atoms with Gasteiger partial charge in [0.25, 0.3) is 0 Å². The molecule has 1 aromatic carbocycles. The van der Waals surface area contributed by atoms with Crippen molar-refractivity contribution in [3.05, 3.63) is 35.5 Å². The molecule has 6 heteroatoms. The summed E-state index contributed by atoms with van der Waals surface area (Å²) in [5.41, 5.74) is 0.933. The molecule has 1 heterocycles. The number of rotatable bonds is 5. The minimum atomic E-state index is -0.867. The van der Waals surface area contributed by atoms with Crippen LogP contribution in [0.3, 0.4) is 0 Å². The number of halogens is 1. The number of aliphatic carboxylic acids is 1. The topological polar surface area (TPSA) is 76.2 Å². The van der Waals surface area contributed by atoms with Crippen LogP contribution >= 0.6 is 0 Å². The third-order valence-corrected chi connectivity index (χ3v) is 3.16. The molecule has 0 saturated carbocycles. The lowest BCUT2D eigenvalue weighted by molar-refractivity contribution is -0.139. The predicted molar refractivity (Wildman–Crippen MR) is 74.2 cm³/mol. The van der Waals surface area contributed by atoms with E-state index in [4.69, 9.17) is 9.63 Å². The van der Waals surface area contributed by atoms with Gasteiger partial charge >= 0.3 is 5.97 Å². The highest BCUT2D eigenvalue weighted by Gasteiger charge is 2.25. The van der Waals surface area contributed by atoms with Gasteiger partial charge in [-0.05, 0) is 36.1 Å². The molecule has 0 amide bonds. The highest BCUT2D eigenvalue weighted by molar-refractivity contribution is 5.67. The van der Waals surface area contributed by atoms with Gasteiger partial charge in [-0.15, -0.1) is 0 Å². The number of hydrogen-bond donors (Lipinski definition) is 1. The Balaban J connectivity index is 2.20. The Bertz CT molecular complexity index is 665. The lowest BCUT2D eigenvalue weighted by Crippen LogP contribution is -2.19. The Kier molecular flexibility index (Phi) is 4.06. The van der Waals surface area contributed by atoms with Crippen molar-refractivity contribution in [3.63, 3.8) is 0 Å². The third-order valence-electron chi connectivity index (χ3n) is 3.16. The number of carbonyl (C=O) groups is 1. The summed E-state index contributed by atoms with van der Waals surface area (Å²) in [7, 11) is 0. The van der Waals surface area contributed by atoms with E-state index in [0.717, 1.165) is 0 Å². The number of benzene rings is 1. The summed E-state index contributed by atoms with van der Waals surface area (Å²) in [5.74, 6) is -0.426. The van der Waals surface area contributed by atoms with Gasteiger partial charge in [0, 0.05) is 12.0 Å². The van der Waals surface area contributed by atoms with Crippen LogP contribution in [0.1, 0.15) is 31.7 Å². The summed E-state index contributed by atoms with van der Waals surface area (Å²) in [6, 6.07) is 4.34. The van der Waals surface area contributed by atoms with Crippen molar-refractivity contribution >= 4 is 5.97 Å². The molecule has 5 nitrogen and oxygen atoms in total. The average Bonchev–Trinajstić information content (AvgIpc) is 2.74. The molecule has 2 rings (SSSR count). The average molecular weight is 292 g/mol. The summed E-state index contributed by atoms with van der Waals surface area (Å²) < 4.78 is 18.3. The van der Waals surface area contributed by atoms with Crippen molar-refractivity contribution in [2.75, 3.05) is 0 Å². The third kappa shape index (κ3) is 3.87. The normalized spacial score (nSPS) is 11.6. The number of hydrogen-bond acceptors (Lipinski definition) is 4. The van der Waals surface area contributed by atoms with Crippen LogP contribution in [0.15, 0.2) is 22.7 Å². The van der Waals surface area contributed by atoms with Crippen molar-refractivity contribution in [2.24, 2.45) is 5.41 Å². The van der Waals surface area contributed by atoms with E-state index in [-0.39, 0.29) is 12.2 Å². The number of nitrogens with zero attached hydrogens (tertiary/aromatic N) is 2. The van der Waals surface area contributed by atoms with E-state index in [1.54, 1.807) is 13.0 Å². The van der Waals surface area contributed by atoms with Crippen molar-refractivity contribution in [1.82, 2.24) is 10.1 Å². The first-order valence-corrected chi connectivity index (χ1v) is 6.58. The molecule has 0 saturated heterocycles. The molecule has 0 spiro atoms. The number of carboxylic acid groups (broad SMARTS) is 1. The Morgan fingerprint density at radius 3 is 2.76 bits per heavy atom. The smallest absolute Gasteiger partial charge is 0.303 e. The first-order valence-electron chi connectivity index (χ1n) is 6.58. The van der Waals surface area contributed by atoms with Crippen LogP contribution < -0.4 is 0 Å². The molecule has 0 aliphatic heterocycles. The standard InChI is InChI=1S/C15H17FN2O3/c1-9-6-10(16)4-5-11(9)14-17-12(21-18-14)7-15(2,3)8-13(19)20/h4-6H,7-8H2,1-3H3,(H,19,20). The molecule has 0 fully saturated rings. The van der Waals surface area contributed by atoms with Crippen molar-refractivity contribution in [1.29, 1.82) is 0 Å². The van der Waals surface area contributed by atoms with Gasteiger partial charge in [0.05, 0.1) is 6.42 Å². The zero-order valence-electron chi connectivity index (χ0n) is 12.2. The molecule has 0 bridgehead atoms. The van der Waals surface area contributed by atoms with E-state index >= 15 is 0 Å². The van der Waals surface area contributed by atoms with E-state index < -0.39 is 11.4 Å². The van der Waals surface area contributed by atoms with Crippen molar-refractivity contribution in [3.8, 4) is 11.4 Å². The minimum Gasteiger partial charge on any atom is -0.481 e. The molecule has 0 unspecified atom stereocenters. The molecule has 2 aromatic rings. The number of aromatic nitrogens is 2. The van der Waals surface area contributed by atoms with E-state index in [9.17, 15) is 9.18 Å². The second kappa shape index (κ2) is 5.63. The zero-order valence-corrected chi connectivity index (χ0v) is 12.2. The van der Waals surface area contributed by atoms with E-state index in [2.05, 4.69) is 10.1 Å². The van der Waals surface area contributed by atoms with Gasteiger partial charge in [-0.2, -0.15) is 4.98 Å². The molecule has 21 heavy (non-hydrogen) atoms. The quantitative estimate of drug-likeness (QED) is 0.915. The van der Waals surface area contributed by atoms with E-state index in [0.29, 0.717) is 29.3 Å². The predicted octanol–water partition coefficient (Wildman–Crippen LogP) is 3.23. The van der Waals surface area contributed by atoms with Crippen LogP contribution in [0.4, 0.5) is 4.39 Å². The summed E-state index contributed by atoms with van der Waals surface area (Å²) in [6.07, 6.45) is 0.382. The maximum Gasteiger partial charge on any atom is 0.303 e. The molecule has 0 aliphatic carbocycles. The fourth-order valence-electron chi connectivity index (χ4n) is 2.20. The van der Waals surface area contributed by atoms with Crippen LogP contribution in [0.5, 0.6) is 0 Å². The number of aryl methyl sites for hydroxylation is 1. The van der Waals surface area contributed by atoms with Gasteiger partial charge in [0.1, 0.15) is 5.82 Å². The maximum atomic E-state index is 13.1. The highest BCUT2D eigenvalue weighted by atomic mass is 19.1. The molecule has 0 atom stereocenters. The first kappa shape index (κ1) is 15.2. The Morgan fingerprint density at radius 2 is 2.14 bits per heavy atom. The lowest BCUT2D eigenvalue weighted by Gasteiger charge is -2.19. The van der Waals surface area contributed by atoms with Gasteiger partial charge < -0.3 is 9.63 Å². The van der Waals surface area contributed by atoms with Crippen molar-refractivity contribution < 1.29 is 18.8 Å². The SMILES string of the molecule is Cc1cc(F)ccc1-c1noc(CC(C)(C)CC(=O)O)n1. The van der Waals surface area contributed by atoms with Crippen LogP contribution in [0, 0.1) is 18.2 Å². The van der Waals surface area contributed by atoms with E-state index in [1.165, 1.54) is 12.1 Å². The summed E-state index contributed by atoms with van der Waals surface area (Å²) in [6.45, 7) is 5.42. The van der Waals surface area contributed by atoms with Gasteiger partial charge in [0.2, 0.25) is 11.7 Å². The second-order valence-electron chi connectivity index (χ2n) is 5.88. The zero-order chi connectivity index (χ0) is 15.6. The Labute approximate surface area is 121 Å². The minimum absolute atomic E-state index is 0.0142. The van der Waals surface area contributed by atoms with Gasteiger partial charge in [-0.3, -0.25) is 4.79 Å². The first-order chi connectivity index (χ1) is 9.77. The molecular weight excluding hydrogens is 275 g/mol. The van der Waals surface area contributed by atoms with Crippen LogP contribution in [0.2, 0.25) is 0 Å². The fraction of sp³-hybridized carbons (Fsp3) is 0.400. The molecule has 0 radical (unpaired) electrons. The molecular formula is C15H17FN2O3. The fourth-order valence-corrected chi connectivity index (χ4v) is 2.20. The molecule has 1 aromatic heterocycles. The summed E-state index contributed by atoms with van der Waals surface area (Å²) in [5, 5.41) is 12.8. The Hall–Kier alpha value is -2.24.